The number of amidine groups is 1. The fourth-order valence-electron chi connectivity index (χ4n) is 0.407. The number of hydrazine groups is 1. The van der Waals surface area contributed by atoms with Gasteiger partial charge in [-0.3, -0.25) is 0 Å². The molecule has 45 valence electrons. The summed E-state index contributed by atoms with van der Waals surface area (Å²) in [6.07, 6.45) is 2.43. The molecular formula is C4H8N3Se. The molecule has 1 rings (SSSR count). The predicted octanol–water partition coefficient (Wildman–Crippen LogP) is -0.863. The zero-order valence-electron chi connectivity index (χ0n) is 4.42. The van der Waals surface area contributed by atoms with E-state index >= 15 is 0 Å². The van der Waals surface area contributed by atoms with Crippen LogP contribution in [0.3, 0.4) is 0 Å². The van der Waals surface area contributed by atoms with Gasteiger partial charge in [0.05, 0.1) is 0 Å². The summed E-state index contributed by atoms with van der Waals surface area (Å²) in [6, 6.07) is 0.544. The van der Waals surface area contributed by atoms with E-state index in [1.54, 1.807) is 0 Å². The van der Waals surface area contributed by atoms with Crippen molar-refractivity contribution in [1.82, 2.24) is 5.43 Å². The Bertz CT molecular complexity index is 108. The molecule has 0 unspecified atom stereocenters. The second-order valence-electron chi connectivity index (χ2n) is 1.81. The first kappa shape index (κ1) is 6.08. The molecule has 0 aromatic rings. The topological polar surface area (TPSA) is 50.4 Å². The minimum atomic E-state index is 0.544. The van der Waals surface area contributed by atoms with Gasteiger partial charge in [0, 0.05) is 0 Å². The molecule has 0 aliphatic heterocycles. The summed E-state index contributed by atoms with van der Waals surface area (Å²) in [6.45, 7) is 0. The van der Waals surface area contributed by atoms with Gasteiger partial charge in [-0.1, -0.05) is 0 Å². The van der Waals surface area contributed by atoms with Gasteiger partial charge >= 0.3 is 55.9 Å². The second kappa shape index (κ2) is 2.48. The molecule has 1 radical (unpaired) electrons. The van der Waals surface area contributed by atoms with Crippen molar-refractivity contribution >= 4 is 20.7 Å². The third kappa shape index (κ3) is 1.82. The molecule has 0 aromatic carbocycles. The van der Waals surface area contributed by atoms with Crippen LogP contribution in [0.4, 0.5) is 0 Å². The van der Waals surface area contributed by atoms with Gasteiger partial charge in [-0.15, -0.1) is 0 Å². The van der Waals surface area contributed by atoms with Crippen LogP contribution >= 0.6 is 0 Å². The molecular weight excluding hydrogens is 169 g/mol. The Morgan fingerprint density at radius 1 is 1.75 bits per heavy atom. The molecule has 0 aromatic heterocycles. The Morgan fingerprint density at radius 3 is 2.75 bits per heavy atom. The molecule has 0 heterocycles. The van der Waals surface area contributed by atoms with E-state index in [9.17, 15) is 0 Å². The van der Waals surface area contributed by atoms with Crippen LogP contribution in [0.15, 0.2) is 4.99 Å². The number of hydrogen-bond acceptors (Lipinski definition) is 2. The van der Waals surface area contributed by atoms with Crippen LogP contribution in [-0.4, -0.2) is 26.8 Å². The zero-order valence-corrected chi connectivity index (χ0v) is 6.14. The van der Waals surface area contributed by atoms with Crippen LogP contribution in [0.2, 0.25) is 0 Å². The van der Waals surface area contributed by atoms with Gasteiger partial charge in [-0.05, 0) is 0 Å². The van der Waals surface area contributed by atoms with Gasteiger partial charge in [0.1, 0.15) is 0 Å². The fourth-order valence-corrected chi connectivity index (χ4v) is 0.719. The Labute approximate surface area is 56.5 Å². The van der Waals surface area contributed by atoms with E-state index in [2.05, 4.69) is 26.4 Å². The first-order valence-corrected chi connectivity index (χ1v) is 3.40. The number of aliphatic imine (C=N–C) groups is 1. The maximum absolute atomic E-state index is 5.04. The first-order chi connectivity index (χ1) is 3.83. The van der Waals surface area contributed by atoms with Crippen molar-refractivity contribution in [3.05, 3.63) is 0 Å². The molecule has 1 fully saturated rings. The van der Waals surface area contributed by atoms with E-state index in [-0.39, 0.29) is 0 Å². The van der Waals surface area contributed by atoms with E-state index in [0.717, 1.165) is 0 Å². The quantitative estimate of drug-likeness (QED) is 0.180. The molecule has 0 saturated heterocycles. The average Bonchev–Trinajstić information content (AvgIpc) is 2.50. The van der Waals surface area contributed by atoms with Gasteiger partial charge in [0.25, 0.3) is 0 Å². The van der Waals surface area contributed by atoms with Crippen LogP contribution in [0, 0.1) is 0 Å². The SMILES string of the molecule is NNC([Se])=NC1CC1. The summed E-state index contributed by atoms with van der Waals surface area (Å²) in [5.74, 6) is 5.04. The molecule has 0 spiro atoms. The number of rotatable bonds is 1. The van der Waals surface area contributed by atoms with Crippen molar-refractivity contribution in [3.63, 3.8) is 0 Å². The van der Waals surface area contributed by atoms with Crippen molar-refractivity contribution in [2.75, 3.05) is 0 Å². The van der Waals surface area contributed by atoms with Crippen LogP contribution < -0.4 is 11.3 Å². The molecule has 3 nitrogen and oxygen atoms in total. The number of nitrogens with one attached hydrogen (secondary N) is 1. The van der Waals surface area contributed by atoms with Crippen LogP contribution in [-0.2, 0) is 0 Å². The molecule has 0 amide bonds. The molecule has 4 heteroatoms. The molecule has 1 aliphatic carbocycles. The van der Waals surface area contributed by atoms with Gasteiger partial charge in [-0.2, -0.15) is 0 Å². The van der Waals surface area contributed by atoms with E-state index in [4.69, 9.17) is 5.84 Å². The Balaban J connectivity index is 2.27. The van der Waals surface area contributed by atoms with Crippen molar-refractivity contribution in [2.45, 2.75) is 18.9 Å². The van der Waals surface area contributed by atoms with Crippen molar-refractivity contribution in [1.29, 1.82) is 0 Å². The number of nitrogens with zero attached hydrogens (tertiary/aromatic N) is 1. The second-order valence-corrected chi connectivity index (χ2v) is 2.62. The average molecular weight is 177 g/mol. The predicted molar refractivity (Wildman–Crippen MR) is 33.5 cm³/mol. The molecule has 0 bridgehead atoms. The fraction of sp³-hybridized carbons (Fsp3) is 0.750. The van der Waals surface area contributed by atoms with E-state index in [1.165, 1.54) is 12.8 Å². The van der Waals surface area contributed by atoms with Crippen LogP contribution in [0.1, 0.15) is 12.8 Å². The molecule has 3 N–H and O–H groups in total. The van der Waals surface area contributed by atoms with Gasteiger partial charge in [-0.25, -0.2) is 0 Å². The molecule has 8 heavy (non-hydrogen) atoms. The summed E-state index contributed by atoms with van der Waals surface area (Å²) in [7, 11) is 0. The number of hydrogen-bond donors (Lipinski definition) is 2. The minimum absolute atomic E-state index is 0.544. The Hall–Kier alpha value is -0.0505. The Morgan fingerprint density at radius 2 is 2.38 bits per heavy atom. The van der Waals surface area contributed by atoms with Gasteiger partial charge in [0.15, 0.2) is 0 Å². The summed E-state index contributed by atoms with van der Waals surface area (Å²) >= 11 is 2.71. The maximum atomic E-state index is 5.04. The third-order valence-electron chi connectivity index (χ3n) is 0.970. The Kier molecular flexibility index (Phi) is 1.89. The summed E-state index contributed by atoms with van der Waals surface area (Å²) in [5.41, 5.74) is 2.43. The first-order valence-electron chi connectivity index (χ1n) is 2.54. The van der Waals surface area contributed by atoms with E-state index in [1.807, 2.05) is 0 Å². The molecule has 0 atom stereocenters. The van der Waals surface area contributed by atoms with Crippen LogP contribution in [0.5, 0.6) is 0 Å². The van der Waals surface area contributed by atoms with E-state index < -0.39 is 0 Å². The van der Waals surface area contributed by atoms with Crippen molar-refractivity contribution < 1.29 is 0 Å². The molecule has 1 saturated carbocycles. The van der Waals surface area contributed by atoms with Crippen LogP contribution in [0.25, 0.3) is 0 Å². The van der Waals surface area contributed by atoms with Crippen molar-refractivity contribution in [3.8, 4) is 0 Å². The third-order valence-corrected chi connectivity index (χ3v) is 1.44. The van der Waals surface area contributed by atoms with Gasteiger partial charge < -0.3 is 0 Å². The summed E-state index contributed by atoms with van der Waals surface area (Å²) in [5, 5.41) is 0. The standard InChI is InChI=1S/C4H8N3Se/c5-7-4(8)6-3-1-2-3/h3H,1-2,5H2,(H,6,7). The van der Waals surface area contributed by atoms with Crippen molar-refractivity contribution in [2.24, 2.45) is 10.8 Å². The summed E-state index contributed by atoms with van der Waals surface area (Å²) < 4.78 is 0.715. The molecule has 1 aliphatic rings. The zero-order chi connectivity index (χ0) is 5.98. The van der Waals surface area contributed by atoms with Gasteiger partial charge in [0.2, 0.25) is 0 Å². The monoisotopic (exact) mass is 178 g/mol. The number of nitrogens with two attached hydrogens (primary N) is 1. The summed E-state index contributed by atoms with van der Waals surface area (Å²) in [4.78, 5) is 4.13. The van der Waals surface area contributed by atoms with E-state index in [0.29, 0.717) is 10.8 Å². The normalized spacial score (nSPS) is 20.9.